The van der Waals surface area contributed by atoms with E-state index in [-0.39, 0.29) is 18.1 Å². The van der Waals surface area contributed by atoms with Crippen LogP contribution in [-0.2, 0) is 17.8 Å². The molecule has 1 aromatic rings. The quantitative estimate of drug-likeness (QED) is 0.846. The lowest BCUT2D eigenvalue weighted by Crippen LogP contribution is -2.49. The van der Waals surface area contributed by atoms with E-state index >= 15 is 0 Å². The van der Waals surface area contributed by atoms with Crippen LogP contribution < -0.4 is 5.32 Å². The minimum atomic E-state index is -0.373. The lowest BCUT2D eigenvalue weighted by Gasteiger charge is -2.36. The van der Waals surface area contributed by atoms with Gasteiger partial charge in [0.1, 0.15) is 0 Å². The van der Waals surface area contributed by atoms with Crippen molar-refractivity contribution >= 4 is 17.2 Å². The molecule has 4 nitrogen and oxygen atoms in total. The van der Waals surface area contributed by atoms with Crippen molar-refractivity contribution in [2.75, 3.05) is 13.1 Å². The van der Waals surface area contributed by atoms with Crippen molar-refractivity contribution in [1.29, 1.82) is 0 Å². The smallest absolute Gasteiger partial charge is 0.234 e. The lowest BCUT2D eigenvalue weighted by molar-refractivity contribution is -0.124. The van der Waals surface area contributed by atoms with Gasteiger partial charge >= 0.3 is 0 Å². The summed E-state index contributed by atoms with van der Waals surface area (Å²) in [5.41, 5.74) is 0. The van der Waals surface area contributed by atoms with E-state index in [9.17, 15) is 9.90 Å². The predicted molar refractivity (Wildman–Crippen MR) is 86.4 cm³/mol. The minimum absolute atomic E-state index is 0.0500. The number of hydrogen-bond donors (Lipinski definition) is 2. The SMILES string of the molecule is CCc1ccc(CNC(=O)CN2CCCCC2C(C)O)s1. The van der Waals surface area contributed by atoms with Crippen LogP contribution in [-0.4, -0.2) is 41.1 Å². The Hall–Kier alpha value is -0.910. The third-order valence-corrected chi connectivity index (χ3v) is 5.32. The first kappa shape index (κ1) is 16.5. The maximum atomic E-state index is 12.1. The van der Waals surface area contributed by atoms with Gasteiger partial charge in [-0.1, -0.05) is 13.3 Å². The molecule has 2 N–H and O–H groups in total. The number of aliphatic hydroxyl groups is 1. The second-order valence-corrected chi connectivity index (χ2v) is 7.03. The zero-order valence-electron chi connectivity index (χ0n) is 13.0. The van der Waals surface area contributed by atoms with Crippen molar-refractivity contribution in [1.82, 2.24) is 10.2 Å². The van der Waals surface area contributed by atoms with Gasteiger partial charge in [-0.15, -0.1) is 11.3 Å². The van der Waals surface area contributed by atoms with Gasteiger partial charge in [0.2, 0.25) is 5.91 Å². The van der Waals surface area contributed by atoms with E-state index in [1.807, 2.05) is 6.92 Å². The van der Waals surface area contributed by atoms with Crippen LogP contribution in [0.2, 0.25) is 0 Å². The molecule has 0 saturated carbocycles. The highest BCUT2D eigenvalue weighted by Crippen LogP contribution is 2.19. The largest absolute Gasteiger partial charge is 0.392 e. The number of carbonyl (C=O) groups is 1. The summed E-state index contributed by atoms with van der Waals surface area (Å²) in [5.74, 6) is 0.0500. The Bertz CT molecular complexity index is 459. The molecule has 1 aliphatic rings. The molecule has 2 heterocycles. The minimum Gasteiger partial charge on any atom is -0.392 e. The van der Waals surface area contributed by atoms with Crippen LogP contribution in [0.4, 0.5) is 0 Å². The third kappa shape index (κ3) is 4.80. The van der Waals surface area contributed by atoms with E-state index in [0.29, 0.717) is 13.1 Å². The second-order valence-electron chi connectivity index (χ2n) is 5.77. The molecule has 118 valence electrons. The normalized spacial score (nSPS) is 21.2. The molecule has 0 spiro atoms. The molecule has 1 aromatic heterocycles. The van der Waals surface area contributed by atoms with Crippen LogP contribution in [0.5, 0.6) is 0 Å². The predicted octanol–water partition coefficient (Wildman–Crippen LogP) is 2.16. The van der Waals surface area contributed by atoms with Crippen LogP contribution in [0, 0.1) is 0 Å². The van der Waals surface area contributed by atoms with Crippen molar-refractivity contribution in [2.45, 2.75) is 58.2 Å². The Kier molecular flexibility index (Phi) is 6.21. The van der Waals surface area contributed by atoms with E-state index < -0.39 is 0 Å². The molecular weight excluding hydrogens is 284 g/mol. The summed E-state index contributed by atoms with van der Waals surface area (Å²) in [6.07, 6.45) is 3.91. The van der Waals surface area contributed by atoms with E-state index in [1.54, 1.807) is 11.3 Å². The molecule has 5 heteroatoms. The topological polar surface area (TPSA) is 52.6 Å². The van der Waals surface area contributed by atoms with Gasteiger partial charge in [0.05, 0.1) is 19.2 Å². The number of piperidine rings is 1. The monoisotopic (exact) mass is 310 g/mol. The highest BCUT2D eigenvalue weighted by atomic mass is 32.1. The number of amides is 1. The first-order chi connectivity index (χ1) is 10.1. The van der Waals surface area contributed by atoms with Gasteiger partial charge in [0.25, 0.3) is 0 Å². The average Bonchev–Trinajstić information content (AvgIpc) is 2.93. The molecule has 1 amide bonds. The molecule has 0 bridgehead atoms. The van der Waals surface area contributed by atoms with E-state index in [4.69, 9.17) is 0 Å². The molecule has 2 atom stereocenters. The van der Waals surface area contributed by atoms with Crippen molar-refractivity contribution < 1.29 is 9.90 Å². The van der Waals surface area contributed by atoms with Crippen molar-refractivity contribution in [3.8, 4) is 0 Å². The van der Waals surface area contributed by atoms with E-state index in [0.717, 1.165) is 32.2 Å². The Morgan fingerprint density at radius 3 is 2.90 bits per heavy atom. The molecule has 1 saturated heterocycles. The summed E-state index contributed by atoms with van der Waals surface area (Å²) < 4.78 is 0. The summed E-state index contributed by atoms with van der Waals surface area (Å²) in [6.45, 7) is 5.86. The Morgan fingerprint density at radius 2 is 2.24 bits per heavy atom. The van der Waals surface area contributed by atoms with Crippen molar-refractivity contribution in [2.24, 2.45) is 0 Å². The Morgan fingerprint density at radius 1 is 1.48 bits per heavy atom. The lowest BCUT2D eigenvalue weighted by atomic mass is 9.98. The van der Waals surface area contributed by atoms with Crippen LogP contribution >= 0.6 is 11.3 Å². The van der Waals surface area contributed by atoms with Crippen LogP contribution in [0.1, 0.15) is 42.9 Å². The average molecular weight is 310 g/mol. The number of nitrogens with zero attached hydrogens (tertiary/aromatic N) is 1. The zero-order chi connectivity index (χ0) is 15.2. The number of thiophene rings is 1. The molecule has 1 aliphatic heterocycles. The van der Waals surface area contributed by atoms with Gasteiger partial charge in [0, 0.05) is 15.8 Å². The molecule has 1 fully saturated rings. The molecule has 2 rings (SSSR count). The number of nitrogens with one attached hydrogen (secondary N) is 1. The fourth-order valence-corrected chi connectivity index (χ4v) is 3.79. The highest BCUT2D eigenvalue weighted by molar-refractivity contribution is 7.11. The first-order valence-electron chi connectivity index (χ1n) is 7.86. The Balaban J connectivity index is 1.80. The summed E-state index contributed by atoms with van der Waals surface area (Å²) in [6, 6.07) is 4.33. The summed E-state index contributed by atoms with van der Waals surface area (Å²) in [7, 11) is 0. The molecule has 0 radical (unpaired) electrons. The Labute approximate surface area is 131 Å². The van der Waals surface area contributed by atoms with Crippen LogP contribution in [0.3, 0.4) is 0 Å². The van der Waals surface area contributed by atoms with Gasteiger partial charge in [-0.3, -0.25) is 9.69 Å². The number of carbonyl (C=O) groups excluding carboxylic acids is 1. The fraction of sp³-hybridized carbons (Fsp3) is 0.688. The molecule has 0 aliphatic carbocycles. The number of likely N-dealkylation sites (tertiary alicyclic amines) is 1. The maximum absolute atomic E-state index is 12.1. The van der Waals surface area contributed by atoms with Crippen LogP contribution in [0.15, 0.2) is 12.1 Å². The third-order valence-electron chi connectivity index (χ3n) is 4.09. The molecule has 0 aromatic carbocycles. The maximum Gasteiger partial charge on any atom is 0.234 e. The van der Waals surface area contributed by atoms with Gasteiger partial charge < -0.3 is 10.4 Å². The molecule has 2 unspecified atom stereocenters. The van der Waals surface area contributed by atoms with Gasteiger partial charge in [-0.05, 0) is 44.9 Å². The standard InChI is InChI=1S/C16H26N2O2S/c1-3-13-7-8-14(21-13)10-17-16(20)11-18-9-5-4-6-15(18)12(2)19/h7-8,12,15,19H,3-6,9-11H2,1-2H3,(H,17,20). The zero-order valence-corrected chi connectivity index (χ0v) is 13.8. The van der Waals surface area contributed by atoms with Gasteiger partial charge in [0.15, 0.2) is 0 Å². The van der Waals surface area contributed by atoms with Crippen LogP contribution in [0.25, 0.3) is 0 Å². The van der Waals surface area contributed by atoms with Gasteiger partial charge in [-0.25, -0.2) is 0 Å². The van der Waals surface area contributed by atoms with E-state index in [1.165, 1.54) is 9.75 Å². The van der Waals surface area contributed by atoms with E-state index in [2.05, 4.69) is 29.3 Å². The fourth-order valence-electron chi connectivity index (χ4n) is 2.89. The highest BCUT2D eigenvalue weighted by Gasteiger charge is 2.27. The second kappa shape index (κ2) is 7.92. The number of rotatable bonds is 6. The van der Waals surface area contributed by atoms with Crippen molar-refractivity contribution in [3.63, 3.8) is 0 Å². The summed E-state index contributed by atoms with van der Waals surface area (Å²) in [4.78, 5) is 16.8. The number of aliphatic hydroxyl groups excluding tert-OH is 1. The number of aryl methyl sites for hydroxylation is 1. The van der Waals surface area contributed by atoms with Crippen molar-refractivity contribution in [3.05, 3.63) is 21.9 Å². The van der Waals surface area contributed by atoms with Gasteiger partial charge in [-0.2, -0.15) is 0 Å². The molecule has 21 heavy (non-hydrogen) atoms. The molecular formula is C16H26N2O2S. The number of hydrogen-bond acceptors (Lipinski definition) is 4. The summed E-state index contributed by atoms with van der Waals surface area (Å²) in [5, 5.41) is 12.8. The first-order valence-corrected chi connectivity index (χ1v) is 8.68. The summed E-state index contributed by atoms with van der Waals surface area (Å²) >= 11 is 1.76.